The van der Waals surface area contributed by atoms with Crippen molar-refractivity contribution in [3.8, 4) is 0 Å². The van der Waals surface area contributed by atoms with Gasteiger partial charge < -0.3 is 4.74 Å². The molecule has 0 aromatic carbocycles. The zero-order valence-electron chi connectivity index (χ0n) is 10.4. The fraction of sp³-hybridized carbons (Fsp3) is 0.583. The van der Waals surface area contributed by atoms with Gasteiger partial charge in [0.1, 0.15) is 0 Å². The van der Waals surface area contributed by atoms with Crippen LogP contribution in [0.3, 0.4) is 0 Å². The van der Waals surface area contributed by atoms with Gasteiger partial charge in [-0.1, -0.05) is 0 Å². The quantitative estimate of drug-likeness (QED) is 0.847. The van der Waals surface area contributed by atoms with E-state index in [-0.39, 0.29) is 13.0 Å². The molecule has 0 bridgehead atoms. The predicted octanol–water partition coefficient (Wildman–Crippen LogP) is 3.00. The Bertz CT molecular complexity index is 455. The molecule has 0 N–H and O–H groups in total. The van der Waals surface area contributed by atoms with Crippen molar-refractivity contribution in [1.82, 2.24) is 9.88 Å². The normalized spacial score (nSPS) is 24.9. The summed E-state index contributed by atoms with van der Waals surface area (Å²) in [5, 5.41) is 0. The molecule has 0 spiro atoms. The maximum atomic E-state index is 13.0. The Morgan fingerprint density at radius 3 is 2.74 bits per heavy atom. The number of rotatable bonds is 3. The molecule has 0 radical (unpaired) electrons. The highest BCUT2D eigenvalue weighted by Crippen LogP contribution is 2.40. The zero-order valence-corrected chi connectivity index (χ0v) is 12.0. The Kier molecular flexibility index (Phi) is 4.17. The summed E-state index contributed by atoms with van der Waals surface area (Å²) in [7, 11) is 1.12. The summed E-state index contributed by atoms with van der Waals surface area (Å²) in [6.45, 7) is 0.660. The Labute approximate surface area is 117 Å². The van der Waals surface area contributed by atoms with Gasteiger partial charge in [0.15, 0.2) is 5.60 Å². The van der Waals surface area contributed by atoms with Gasteiger partial charge in [0.25, 0.3) is 0 Å². The number of methoxy groups -OCH3 is 1. The number of pyridine rings is 1. The van der Waals surface area contributed by atoms with Crippen LogP contribution in [0.15, 0.2) is 22.9 Å². The molecule has 7 heteroatoms. The minimum Gasteiger partial charge on any atom is -0.367 e. The average Bonchev–Trinajstić information content (AvgIpc) is 2.73. The third-order valence-corrected chi connectivity index (χ3v) is 3.82. The van der Waals surface area contributed by atoms with Crippen molar-refractivity contribution in [2.75, 3.05) is 20.2 Å². The summed E-state index contributed by atoms with van der Waals surface area (Å²) in [5.74, 6) is 0. The first-order chi connectivity index (χ1) is 8.86. The maximum Gasteiger partial charge on any atom is 0.418 e. The SMILES string of the molecule is COC1(C(F)(F)F)CCN(Cc2cncc(Br)c2)C1. The number of aromatic nitrogens is 1. The average molecular weight is 339 g/mol. The lowest BCUT2D eigenvalue weighted by atomic mass is 10.0. The second kappa shape index (κ2) is 5.38. The minimum absolute atomic E-state index is 0.0333. The van der Waals surface area contributed by atoms with E-state index in [2.05, 4.69) is 20.9 Å². The predicted molar refractivity (Wildman–Crippen MR) is 67.6 cm³/mol. The molecule has 2 heterocycles. The van der Waals surface area contributed by atoms with Crippen LogP contribution in [-0.4, -0.2) is 41.9 Å². The van der Waals surface area contributed by atoms with Gasteiger partial charge in [-0.3, -0.25) is 9.88 Å². The van der Waals surface area contributed by atoms with Crippen LogP contribution in [0.2, 0.25) is 0 Å². The first-order valence-corrected chi connectivity index (χ1v) is 6.59. The minimum atomic E-state index is -4.34. The van der Waals surface area contributed by atoms with E-state index in [1.807, 2.05) is 6.07 Å². The van der Waals surface area contributed by atoms with Crippen LogP contribution in [0.4, 0.5) is 13.2 Å². The molecule has 1 unspecified atom stereocenters. The van der Waals surface area contributed by atoms with Gasteiger partial charge in [-0.15, -0.1) is 0 Å². The number of ether oxygens (including phenoxy) is 1. The third kappa shape index (κ3) is 3.09. The zero-order chi connectivity index (χ0) is 14.1. The van der Waals surface area contributed by atoms with Crippen LogP contribution in [0.1, 0.15) is 12.0 Å². The van der Waals surface area contributed by atoms with Gasteiger partial charge >= 0.3 is 6.18 Å². The second-order valence-corrected chi connectivity index (χ2v) is 5.58. The van der Waals surface area contributed by atoms with Crippen molar-refractivity contribution in [2.24, 2.45) is 0 Å². The van der Waals surface area contributed by atoms with Gasteiger partial charge in [-0.05, 0) is 34.0 Å². The Hall–Kier alpha value is -0.660. The molecule has 1 fully saturated rings. The lowest BCUT2D eigenvalue weighted by molar-refractivity contribution is -0.263. The standard InChI is InChI=1S/C12H14BrF3N2O/c1-19-11(12(14,15)16)2-3-18(8-11)7-9-4-10(13)6-17-5-9/h4-6H,2-3,7-8H2,1H3. The number of hydrogen-bond donors (Lipinski definition) is 0. The van der Waals surface area contributed by atoms with E-state index in [1.54, 1.807) is 17.3 Å². The summed E-state index contributed by atoms with van der Waals surface area (Å²) in [6.07, 6.45) is -1.08. The van der Waals surface area contributed by atoms with E-state index >= 15 is 0 Å². The largest absolute Gasteiger partial charge is 0.418 e. The summed E-state index contributed by atoms with van der Waals surface area (Å²) < 4.78 is 44.6. The summed E-state index contributed by atoms with van der Waals surface area (Å²) in [6, 6.07) is 1.85. The molecule has 1 atom stereocenters. The fourth-order valence-electron chi connectivity index (χ4n) is 2.31. The van der Waals surface area contributed by atoms with Crippen molar-refractivity contribution in [3.63, 3.8) is 0 Å². The molecule has 3 nitrogen and oxygen atoms in total. The van der Waals surface area contributed by atoms with Crippen LogP contribution < -0.4 is 0 Å². The summed E-state index contributed by atoms with van der Waals surface area (Å²) >= 11 is 3.29. The summed E-state index contributed by atoms with van der Waals surface area (Å²) in [5.41, 5.74) is -1.16. The monoisotopic (exact) mass is 338 g/mol. The molecule has 2 rings (SSSR count). The molecule has 0 aliphatic carbocycles. The van der Waals surface area contributed by atoms with Crippen molar-refractivity contribution >= 4 is 15.9 Å². The highest BCUT2D eigenvalue weighted by atomic mass is 79.9. The third-order valence-electron chi connectivity index (χ3n) is 3.39. The molecule has 1 aliphatic heterocycles. The number of nitrogens with zero attached hydrogens (tertiary/aromatic N) is 2. The second-order valence-electron chi connectivity index (χ2n) is 4.67. The Balaban J connectivity index is 2.06. The molecule has 1 saturated heterocycles. The first-order valence-electron chi connectivity index (χ1n) is 5.80. The molecule has 1 aromatic heterocycles. The highest BCUT2D eigenvalue weighted by Gasteiger charge is 2.58. The first kappa shape index (κ1) is 14.7. The van der Waals surface area contributed by atoms with Crippen LogP contribution >= 0.6 is 15.9 Å². The Morgan fingerprint density at radius 2 is 2.21 bits per heavy atom. The molecule has 0 amide bonds. The van der Waals surface area contributed by atoms with Gasteiger partial charge in [0, 0.05) is 43.6 Å². The molecule has 1 aromatic rings. The van der Waals surface area contributed by atoms with Crippen molar-refractivity contribution in [1.29, 1.82) is 0 Å². The molecule has 0 saturated carbocycles. The molecular formula is C12H14BrF3N2O. The van der Waals surface area contributed by atoms with Gasteiger partial charge in [-0.2, -0.15) is 13.2 Å². The number of likely N-dealkylation sites (tertiary alicyclic amines) is 1. The van der Waals surface area contributed by atoms with E-state index < -0.39 is 11.8 Å². The lowest BCUT2D eigenvalue weighted by Crippen LogP contribution is -2.49. The van der Waals surface area contributed by atoms with E-state index in [4.69, 9.17) is 4.74 Å². The van der Waals surface area contributed by atoms with Crippen molar-refractivity contribution in [3.05, 3.63) is 28.5 Å². The van der Waals surface area contributed by atoms with E-state index in [0.717, 1.165) is 17.1 Å². The molecular weight excluding hydrogens is 325 g/mol. The number of hydrogen-bond acceptors (Lipinski definition) is 3. The van der Waals surface area contributed by atoms with Gasteiger partial charge in [-0.25, -0.2) is 0 Å². The number of alkyl halides is 3. The number of halogens is 4. The molecule has 1 aliphatic rings. The fourth-order valence-corrected chi connectivity index (χ4v) is 2.72. The van der Waals surface area contributed by atoms with Crippen LogP contribution in [0.25, 0.3) is 0 Å². The topological polar surface area (TPSA) is 25.4 Å². The lowest BCUT2D eigenvalue weighted by Gasteiger charge is -2.30. The highest BCUT2D eigenvalue weighted by molar-refractivity contribution is 9.10. The molecule has 19 heavy (non-hydrogen) atoms. The van der Waals surface area contributed by atoms with Crippen molar-refractivity contribution in [2.45, 2.75) is 24.7 Å². The smallest absolute Gasteiger partial charge is 0.367 e. The summed E-state index contributed by atoms with van der Waals surface area (Å²) in [4.78, 5) is 5.74. The van der Waals surface area contributed by atoms with E-state index in [1.165, 1.54) is 0 Å². The van der Waals surface area contributed by atoms with E-state index in [0.29, 0.717) is 13.1 Å². The van der Waals surface area contributed by atoms with E-state index in [9.17, 15) is 13.2 Å². The van der Waals surface area contributed by atoms with Crippen LogP contribution in [0.5, 0.6) is 0 Å². The van der Waals surface area contributed by atoms with Gasteiger partial charge in [0.05, 0.1) is 0 Å². The van der Waals surface area contributed by atoms with Crippen molar-refractivity contribution < 1.29 is 17.9 Å². The van der Waals surface area contributed by atoms with Crippen LogP contribution in [-0.2, 0) is 11.3 Å². The molecule has 106 valence electrons. The maximum absolute atomic E-state index is 13.0. The van der Waals surface area contributed by atoms with Crippen LogP contribution in [0, 0.1) is 0 Å². The van der Waals surface area contributed by atoms with Gasteiger partial charge in [0.2, 0.25) is 0 Å². The Morgan fingerprint density at radius 1 is 1.47 bits per heavy atom.